The lowest BCUT2D eigenvalue weighted by atomic mass is 9.54. The van der Waals surface area contributed by atoms with E-state index in [0.29, 0.717) is 24.3 Å². The molecule has 0 saturated heterocycles. The van der Waals surface area contributed by atoms with E-state index in [1.165, 1.54) is 22.9 Å². The van der Waals surface area contributed by atoms with E-state index in [4.69, 9.17) is 0 Å². The molecule has 0 bridgehead atoms. The molecule has 180 valence electrons. The topological polar surface area (TPSA) is 53.4 Å². The average molecular weight is 463 g/mol. The number of amides is 1. The van der Waals surface area contributed by atoms with Gasteiger partial charge < -0.3 is 10.0 Å². The minimum absolute atomic E-state index is 0.00136. The maximum absolute atomic E-state index is 13.9. The van der Waals surface area contributed by atoms with Gasteiger partial charge >= 0.3 is 0 Å². The second kappa shape index (κ2) is 8.92. The van der Waals surface area contributed by atoms with Crippen LogP contribution in [-0.2, 0) is 6.42 Å². The van der Waals surface area contributed by atoms with E-state index in [0.717, 1.165) is 43.2 Å². The van der Waals surface area contributed by atoms with Gasteiger partial charge in [-0.15, -0.1) is 0 Å². The van der Waals surface area contributed by atoms with E-state index in [1.54, 1.807) is 17.2 Å². The van der Waals surface area contributed by atoms with Crippen LogP contribution >= 0.6 is 0 Å². The van der Waals surface area contributed by atoms with Gasteiger partial charge in [-0.1, -0.05) is 19.1 Å². The molecule has 3 aliphatic carbocycles. The van der Waals surface area contributed by atoms with Crippen molar-refractivity contribution >= 4 is 11.5 Å². The van der Waals surface area contributed by atoms with E-state index in [2.05, 4.69) is 30.1 Å². The van der Waals surface area contributed by atoms with Crippen molar-refractivity contribution in [2.45, 2.75) is 64.8 Å². The van der Waals surface area contributed by atoms with Crippen molar-refractivity contribution in [3.05, 3.63) is 70.8 Å². The summed E-state index contributed by atoms with van der Waals surface area (Å²) >= 11 is 0. The molecule has 5 rings (SSSR count). The summed E-state index contributed by atoms with van der Waals surface area (Å²) in [7, 11) is 0. The van der Waals surface area contributed by atoms with Crippen molar-refractivity contribution in [1.82, 2.24) is 9.88 Å². The molecule has 1 fully saturated rings. The van der Waals surface area contributed by atoms with E-state index in [1.807, 2.05) is 19.9 Å². The maximum atomic E-state index is 13.9. The van der Waals surface area contributed by atoms with Crippen LogP contribution in [0.25, 0.3) is 5.57 Å². The standard InChI is InChI=1S/C29H35FN2O2/c1-18(2)32(12-13-33)28(34)20-5-6-23-19(14-20)4-7-25-24(23)10-11-29(3)26(8-9-27(25)29)21-15-22(30)17-31-16-21/h5-6,8,14-18,24-25,27,33H,4,7,9-13H2,1-3H3. The third kappa shape index (κ3) is 3.78. The first-order chi connectivity index (χ1) is 16.3. The monoisotopic (exact) mass is 462 g/mol. The molecule has 4 unspecified atom stereocenters. The largest absolute Gasteiger partial charge is 0.395 e. The molecule has 0 spiro atoms. The highest BCUT2D eigenvalue weighted by Gasteiger charge is 2.52. The molecule has 1 amide bonds. The number of allylic oxidation sites excluding steroid dienone is 2. The minimum atomic E-state index is -0.272. The zero-order chi connectivity index (χ0) is 24.0. The molecule has 5 heteroatoms. The highest BCUT2D eigenvalue weighted by Crippen LogP contribution is 2.63. The summed E-state index contributed by atoms with van der Waals surface area (Å²) in [4.78, 5) is 19.0. The Hall–Kier alpha value is -2.53. The summed E-state index contributed by atoms with van der Waals surface area (Å²) < 4.78 is 13.9. The van der Waals surface area contributed by atoms with Crippen molar-refractivity contribution in [2.24, 2.45) is 17.3 Å². The highest BCUT2D eigenvalue weighted by molar-refractivity contribution is 5.94. The van der Waals surface area contributed by atoms with Gasteiger partial charge in [0.15, 0.2) is 0 Å². The number of benzene rings is 1. The minimum Gasteiger partial charge on any atom is -0.395 e. The van der Waals surface area contributed by atoms with Crippen LogP contribution in [-0.4, -0.2) is 40.1 Å². The second-order valence-electron chi connectivity index (χ2n) is 10.8. The number of hydrogen-bond acceptors (Lipinski definition) is 3. The quantitative estimate of drug-likeness (QED) is 0.628. The van der Waals surface area contributed by atoms with Crippen LogP contribution in [0.15, 0.2) is 42.7 Å². The van der Waals surface area contributed by atoms with Crippen LogP contribution in [0.2, 0.25) is 0 Å². The van der Waals surface area contributed by atoms with Crippen LogP contribution in [0.1, 0.15) is 79.4 Å². The Morgan fingerprint density at radius 2 is 2.09 bits per heavy atom. The summed E-state index contributed by atoms with van der Waals surface area (Å²) in [6.07, 6.45) is 10.8. The highest BCUT2D eigenvalue weighted by atomic mass is 19.1. The Bertz CT molecular complexity index is 1130. The van der Waals surface area contributed by atoms with Gasteiger partial charge in [0.1, 0.15) is 5.82 Å². The Balaban J connectivity index is 1.39. The number of carbonyl (C=O) groups is 1. The predicted octanol–water partition coefficient (Wildman–Crippen LogP) is 5.61. The van der Waals surface area contributed by atoms with Crippen LogP contribution in [0.4, 0.5) is 4.39 Å². The molecule has 1 aromatic carbocycles. The number of carbonyl (C=O) groups excluding carboxylic acids is 1. The Morgan fingerprint density at radius 3 is 2.82 bits per heavy atom. The van der Waals surface area contributed by atoms with E-state index in [9.17, 15) is 14.3 Å². The van der Waals surface area contributed by atoms with Gasteiger partial charge in [-0.05, 0) is 110 Å². The van der Waals surface area contributed by atoms with Crippen molar-refractivity contribution in [1.29, 1.82) is 0 Å². The van der Waals surface area contributed by atoms with Gasteiger partial charge in [-0.3, -0.25) is 9.78 Å². The zero-order valence-corrected chi connectivity index (χ0v) is 20.4. The Morgan fingerprint density at radius 1 is 1.26 bits per heavy atom. The molecule has 1 heterocycles. The van der Waals surface area contributed by atoms with Crippen LogP contribution in [0, 0.1) is 23.1 Å². The Labute approximate surface area is 201 Å². The average Bonchev–Trinajstić information content (AvgIpc) is 3.18. The number of pyridine rings is 1. The van der Waals surface area contributed by atoms with Crippen molar-refractivity contribution in [2.75, 3.05) is 13.2 Å². The number of fused-ring (bicyclic) bond motifs is 5. The van der Waals surface area contributed by atoms with Gasteiger partial charge in [-0.25, -0.2) is 4.39 Å². The number of halogens is 1. The summed E-state index contributed by atoms with van der Waals surface area (Å²) in [6, 6.07) is 7.96. The van der Waals surface area contributed by atoms with Gasteiger partial charge in [0.2, 0.25) is 0 Å². The molecule has 34 heavy (non-hydrogen) atoms. The first-order valence-electron chi connectivity index (χ1n) is 12.7. The summed E-state index contributed by atoms with van der Waals surface area (Å²) in [5.74, 6) is 1.40. The van der Waals surface area contributed by atoms with Crippen LogP contribution in [0.3, 0.4) is 0 Å². The fraction of sp³-hybridized carbons (Fsp3) is 0.517. The van der Waals surface area contributed by atoms with Gasteiger partial charge in [0.05, 0.1) is 12.8 Å². The Kier molecular flexibility index (Phi) is 6.09. The van der Waals surface area contributed by atoms with Crippen LogP contribution in [0.5, 0.6) is 0 Å². The summed E-state index contributed by atoms with van der Waals surface area (Å²) in [6.45, 7) is 6.67. The predicted molar refractivity (Wildman–Crippen MR) is 132 cm³/mol. The summed E-state index contributed by atoms with van der Waals surface area (Å²) in [5.41, 5.74) is 5.71. The number of aliphatic hydroxyl groups is 1. The molecule has 1 saturated carbocycles. The van der Waals surface area contributed by atoms with Crippen molar-refractivity contribution in [3.8, 4) is 0 Å². The lowest BCUT2D eigenvalue weighted by Crippen LogP contribution is -2.41. The molecule has 1 aromatic heterocycles. The van der Waals surface area contributed by atoms with E-state index < -0.39 is 0 Å². The smallest absolute Gasteiger partial charge is 0.254 e. The molecule has 0 aliphatic heterocycles. The van der Waals surface area contributed by atoms with Crippen LogP contribution < -0.4 is 0 Å². The van der Waals surface area contributed by atoms with E-state index in [-0.39, 0.29) is 29.8 Å². The fourth-order valence-electron chi connectivity index (χ4n) is 7.16. The summed E-state index contributed by atoms with van der Waals surface area (Å²) in [5, 5.41) is 9.38. The number of aliphatic hydroxyl groups excluding tert-OH is 1. The van der Waals surface area contributed by atoms with Crippen molar-refractivity contribution in [3.63, 3.8) is 0 Å². The van der Waals surface area contributed by atoms with Crippen molar-refractivity contribution < 1.29 is 14.3 Å². The number of aromatic nitrogens is 1. The molecule has 4 nitrogen and oxygen atoms in total. The fourth-order valence-corrected chi connectivity index (χ4v) is 7.16. The third-order valence-corrected chi connectivity index (χ3v) is 8.80. The zero-order valence-electron chi connectivity index (χ0n) is 20.4. The first-order valence-corrected chi connectivity index (χ1v) is 12.7. The van der Waals surface area contributed by atoms with E-state index >= 15 is 0 Å². The molecular formula is C29H35FN2O2. The lowest BCUT2D eigenvalue weighted by molar-refractivity contribution is 0.0664. The first kappa shape index (κ1) is 23.2. The molecule has 4 atom stereocenters. The molecule has 1 N–H and O–H groups in total. The molecular weight excluding hydrogens is 427 g/mol. The van der Waals surface area contributed by atoms with Gasteiger partial charge in [-0.2, -0.15) is 0 Å². The SMILES string of the molecule is CC(C)N(CCO)C(=O)c1ccc2c(c1)CCC1C2CCC2(C)C(c3cncc(F)c3)=CCC12. The molecule has 3 aliphatic rings. The normalized spacial score (nSPS) is 27.6. The maximum Gasteiger partial charge on any atom is 0.254 e. The third-order valence-electron chi connectivity index (χ3n) is 8.80. The van der Waals surface area contributed by atoms with Gasteiger partial charge in [0.25, 0.3) is 5.91 Å². The number of aryl methyl sites for hydroxylation is 1. The number of rotatable bonds is 5. The molecule has 2 aromatic rings. The number of nitrogens with zero attached hydrogens (tertiary/aromatic N) is 2. The number of hydrogen-bond donors (Lipinski definition) is 1. The lowest BCUT2D eigenvalue weighted by Gasteiger charge is -2.50. The van der Waals surface area contributed by atoms with Gasteiger partial charge in [0, 0.05) is 24.3 Å². The molecule has 0 radical (unpaired) electrons. The second-order valence-corrected chi connectivity index (χ2v) is 10.8.